The van der Waals surface area contributed by atoms with Gasteiger partial charge in [-0.05, 0) is 31.5 Å². The molecule has 0 aromatic heterocycles. The van der Waals surface area contributed by atoms with Gasteiger partial charge in [0.15, 0.2) is 0 Å². The van der Waals surface area contributed by atoms with E-state index in [2.05, 4.69) is 29.4 Å². The Morgan fingerprint density at radius 2 is 1.68 bits per heavy atom. The monoisotopic (exact) mass is 444 g/mol. The number of nitrogens with zero attached hydrogens (tertiary/aromatic N) is 2. The molecule has 2 heterocycles. The maximum atomic E-state index is 13.3. The molecule has 0 bridgehead atoms. The Morgan fingerprint density at radius 1 is 1.06 bits per heavy atom. The van der Waals surface area contributed by atoms with Crippen molar-refractivity contribution in [2.75, 3.05) is 69.4 Å². The number of rotatable bonds is 6. The van der Waals surface area contributed by atoms with Gasteiger partial charge in [0.25, 0.3) is 0 Å². The molecular formula is C21H31F3N4O3. The highest BCUT2D eigenvalue weighted by atomic mass is 19.4. The third kappa shape index (κ3) is 6.02. The first kappa shape index (κ1) is 23.6. The SMILES string of the molecule is CC[C@@](C)(CNC(=O)Nc1cc(C(F)(F)F)ccc1N1CCOCC1)N1CCOCC1. The number of carbonyl (C=O) groups excluding carboxylic acids is 1. The predicted molar refractivity (Wildman–Crippen MR) is 113 cm³/mol. The van der Waals surface area contributed by atoms with Crippen molar-refractivity contribution in [2.45, 2.75) is 32.0 Å². The first-order chi connectivity index (χ1) is 14.7. The molecule has 2 N–H and O–H groups in total. The molecule has 2 aliphatic rings. The molecule has 7 nitrogen and oxygen atoms in total. The fourth-order valence-corrected chi connectivity index (χ4v) is 3.89. The molecule has 0 spiro atoms. The molecule has 0 radical (unpaired) electrons. The maximum Gasteiger partial charge on any atom is 0.416 e. The number of morpholine rings is 2. The van der Waals surface area contributed by atoms with Gasteiger partial charge in [-0.2, -0.15) is 13.2 Å². The maximum absolute atomic E-state index is 13.3. The average molecular weight is 444 g/mol. The lowest BCUT2D eigenvalue weighted by Crippen LogP contribution is -2.57. The van der Waals surface area contributed by atoms with E-state index in [9.17, 15) is 18.0 Å². The zero-order chi connectivity index (χ0) is 22.5. The molecule has 1 aromatic carbocycles. The molecule has 3 rings (SSSR count). The Labute approximate surface area is 180 Å². The molecule has 174 valence electrons. The van der Waals surface area contributed by atoms with E-state index in [4.69, 9.17) is 9.47 Å². The molecule has 2 fully saturated rings. The number of nitrogens with one attached hydrogen (secondary N) is 2. The number of benzene rings is 1. The molecule has 2 aliphatic heterocycles. The van der Waals surface area contributed by atoms with Crippen LogP contribution >= 0.6 is 0 Å². The summed E-state index contributed by atoms with van der Waals surface area (Å²) in [5.41, 5.74) is -0.370. The zero-order valence-corrected chi connectivity index (χ0v) is 18.1. The van der Waals surface area contributed by atoms with Crippen LogP contribution in [0.2, 0.25) is 0 Å². The Morgan fingerprint density at radius 3 is 2.26 bits per heavy atom. The van der Waals surface area contributed by atoms with Crippen LogP contribution in [-0.4, -0.2) is 75.6 Å². The molecule has 10 heteroatoms. The first-order valence-electron chi connectivity index (χ1n) is 10.6. The summed E-state index contributed by atoms with van der Waals surface area (Å²) in [5.74, 6) is 0. The van der Waals surface area contributed by atoms with Crippen molar-refractivity contribution < 1.29 is 27.4 Å². The zero-order valence-electron chi connectivity index (χ0n) is 18.1. The second kappa shape index (κ2) is 10.1. The smallest absolute Gasteiger partial charge is 0.379 e. The molecular weight excluding hydrogens is 413 g/mol. The van der Waals surface area contributed by atoms with Gasteiger partial charge in [-0.1, -0.05) is 6.92 Å². The fraction of sp³-hybridized carbons (Fsp3) is 0.667. The Bertz CT molecular complexity index is 750. The number of amides is 2. The molecule has 0 aliphatic carbocycles. The van der Waals surface area contributed by atoms with Gasteiger partial charge in [0.05, 0.1) is 43.4 Å². The van der Waals surface area contributed by atoms with Crippen LogP contribution in [0.4, 0.5) is 29.3 Å². The third-order valence-electron chi connectivity index (χ3n) is 6.09. The molecule has 1 atom stereocenters. The average Bonchev–Trinajstić information content (AvgIpc) is 2.78. The van der Waals surface area contributed by atoms with Crippen molar-refractivity contribution in [3.05, 3.63) is 23.8 Å². The standard InChI is InChI=1S/C21H31F3N4O3/c1-3-20(2,28-8-12-31-13-9-28)15-25-19(29)26-17-14-16(21(22,23)24)4-5-18(17)27-6-10-30-11-7-27/h4-5,14H,3,6-13,15H2,1-2H3,(H2,25,26,29)/t20-/m0/s1. The number of anilines is 2. The lowest BCUT2D eigenvalue weighted by atomic mass is 9.95. The van der Waals surface area contributed by atoms with E-state index in [-0.39, 0.29) is 11.2 Å². The number of ether oxygens (including phenoxy) is 2. The predicted octanol–water partition coefficient (Wildman–Crippen LogP) is 3.16. The van der Waals surface area contributed by atoms with E-state index in [1.165, 1.54) is 6.07 Å². The van der Waals surface area contributed by atoms with Crippen LogP contribution in [0, 0.1) is 0 Å². The Balaban J connectivity index is 1.72. The normalized spacial score (nSPS) is 20.2. The van der Waals surface area contributed by atoms with Gasteiger partial charge in [-0.3, -0.25) is 4.90 Å². The fourth-order valence-electron chi connectivity index (χ4n) is 3.89. The molecule has 2 saturated heterocycles. The summed E-state index contributed by atoms with van der Waals surface area (Å²) in [6, 6.07) is 2.92. The number of hydrogen-bond acceptors (Lipinski definition) is 5. The van der Waals surface area contributed by atoms with Gasteiger partial charge in [-0.15, -0.1) is 0 Å². The van der Waals surface area contributed by atoms with Crippen molar-refractivity contribution in [3.8, 4) is 0 Å². The highest BCUT2D eigenvalue weighted by Crippen LogP contribution is 2.35. The van der Waals surface area contributed by atoms with Crippen molar-refractivity contribution in [1.29, 1.82) is 0 Å². The van der Waals surface area contributed by atoms with Gasteiger partial charge in [0, 0.05) is 38.3 Å². The van der Waals surface area contributed by atoms with Crippen molar-refractivity contribution >= 4 is 17.4 Å². The Kier molecular flexibility index (Phi) is 7.66. The topological polar surface area (TPSA) is 66.1 Å². The van der Waals surface area contributed by atoms with Crippen LogP contribution in [0.1, 0.15) is 25.8 Å². The van der Waals surface area contributed by atoms with Crippen LogP contribution in [0.15, 0.2) is 18.2 Å². The van der Waals surface area contributed by atoms with Crippen LogP contribution in [0.5, 0.6) is 0 Å². The van der Waals surface area contributed by atoms with E-state index in [0.29, 0.717) is 51.7 Å². The van der Waals surface area contributed by atoms with Crippen LogP contribution in [0.3, 0.4) is 0 Å². The lowest BCUT2D eigenvalue weighted by Gasteiger charge is -2.43. The van der Waals surface area contributed by atoms with Gasteiger partial charge in [0.2, 0.25) is 0 Å². The lowest BCUT2D eigenvalue weighted by molar-refractivity contribution is -0.137. The van der Waals surface area contributed by atoms with Crippen molar-refractivity contribution in [1.82, 2.24) is 10.2 Å². The third-order valence-corrected chi connectivity index (χ3v) is 6.09. The summed E-state index contributed by atoms with van der Waals surface area (Å²) in [4.78, 5) is 16.9. The second-order valence-corrected chi connectivity index (χ2v) is 8.09. The number of carbonyl (C=O) groups is 1. The van der Waals surface area contributed by atoms with E-state index in [1.54, 1.807) is 0 Å². The van der Waals surface area contributed by atoms with E-state index in [1.807, 2.05) is 4.90 Å². The Hall–Kier alpha value is -2.04. The van der Waals surface area contributed by atoms with Crippen LogP contribution < -0.4 is 15.5 Å². The minimum absolute atomic E-state index is 0.138. The summed E-state index contributed by atoms with van der Waals surface area (Å²) in [6.07, 6.45) is -3.68. The van der Waals surface area contributed by atoms with Gasteiger partial charge < -0.3 is 25.0 Å². The number of halogens is 3. The summed E-state index contributed by atoms with van der Waals surface area (Å²) in [6.45, 7) is 9.43. The van der Waals surface area contributed by atoms with Crippen molar-refractivity contribution in [2.24, 2.45) is 0 Å². The van der Waals surface area contributed by atoms with E-state index < -0.39 is 17.8 Å². The summed E-state index contributed by atoms with van der Waals surface area (Å²) >= 11 is 0. The second-order valence-electron chi connectivity index (χ2n) is 8.09. The van der Waals surface area contributed by atoms with Gasteiger partial charge in [-0.25, -0.2) is 4.79 Å². The highest BCUT2D eigenvalue weighted by molar-refractivity contribution is 5.93. The largest absolute Gasteiger partial charge is 0.416 e. The molecule has 1 aromatic rings. The number of hydrogen-bond donors (Lipinski definition) is 2. The summed E-state index contributed by atoms with van der Waals surface area (Å²) < 4.78 is 50.5. The van der Waals surface area contributed by atoms with Gasteiger partial charge >= 0.3 is 12.2 Å². The minimum Gasteiger partial charge on any atom is -0.379 e. The van der Waals surface area contributed by atoms with Crippen LogP contribution in [-0.2, 0) is 15.7 Å². The molecule has 31 heavy (non-hydrogen) atoms. The van der Waals surface area contributed by atoms with E-state index >= 15 is 0 Å². The van der Waals surface area contributed by atoms with Gasteiger partial charge in [0.1, 0.15) is 0 Å². The van der Waals surface area contributed by atoms with Crippen LogP contribution in [0.25, 0.3) is 0 Å². The first-order valence-corrected chi connectivity index (χ1v) is 10.6. The quantitative estimate of drug-likeness (QED) is 0.706. The summed E-state index contributed by atoms with van der Waals surface area (Å²) in [7, 11) is 0. The summed E-state index contributed by atoms with van der Waals surface area (Å²) in [5, 5.41) is 5.50. The molecule has 0 saturated carbocycles. The highest BCUT2D eigenvalue weighted by Gasteiger charge is 2.33. The molecule has 0 unspecified atom stereocenters. The van der Waals surface area contributed by atoms with E-state index in [0.717, 1.165) is 31.6 Å². The minimum atomic E-state index is -4.49. The number of alkyl halides is 3. The molecule has 2 amide bonds. The van der Waals surface area contributed by atoms with Crippen molar-refractivity contribution in [3.63, 3.8) is 0 Å². The number of urea groups is 1.